The summed E-state index contributed by atoms with van der Waals surface area (Å²) in [7, 11) is 1.65. The van der Waals surface area contributed by atoms with E-state index in [4.69, 9.17) is 18.5 Å². The van der Waals surface area contributed by atoms with Crippen molar-refractivity contribution in [2.75, 3.05) is 47.5 Å². The van der Waals surface area contributed by atoms with Gasteiger partial charge in [-0.05, 0) is 25.3 Å². The fourth-order valence-electron chi connectivity index (χ4n) is 5.69. The molecule has 2 atom stereocenters. The predicted molar refractivity (Wildman–Crippen MR) is 206 cm³/mol. The van der Waals surface area contributed by atoms with Gasteiger partial charge in [0.05, 0.1) is 34.0 Å². The van der Waals surface area contributed by atoms with E-state index >= 15 is 0 Å². The number of carbonyl (C=O) groups is 1. The number of esters is 1. The van der Waals surface area contributed by atoms with Gasteiger partial charge in [-0.15, -0.1) is 0 Å². The minimum absolute atomic E-state index is 0.0537. The van der Waals surface area contributed by atoms with E-state index in [0.717, 1.165) is 32.1 Å². The summed E-state index contributed by atoms with van der Waals surface area (Å²) >= 11 is 0. The topological polar surface area (TPSA) is 91.3 Å². The van der Waals surface area contributed by atoms with E-state index in [1.54, 1.807) is 6.26 Å². The SMILES string of the molecule is CCCCCCCCCCCCCCC=COCC(COP(=O)(O)OCC[N+](C)(C)C)OC(=O)CCCCCCCCCCCCCCC. The van der Waals surface area contributed by atoms with Gasteiger partial charge in [0.15, 0.2) is 6.10 Å². The number of carbonyl (C=O) groups excluding carboxylic acids is 1. The number of allylic oxidation sites excluding steroid dienone is 1. The fraction of sp³-hybridized carbons (Fsp3) is 0.925. The molecule has 0 aliphatic rings. The normalized spacial score (nSPS) is 13.9. The average molecular weight is 719 g/mol. The molecule has 0 aromatic heterocycles. The lowest BCUT2D eigenvalue weighted by Gasteiger charge is -2.24. The van der Waals surface area contributed by atoms with Crippen LogP contribution in [-0.4, -0.2) is 69.0 Å². The van der Waals surface area contributed by atoms with E-state index in [2.05, 4.69) is 13.8 Å². The molecule has 0 aromatic carbocycles. The Kier molecular flexibility index (Phi) is 33.5. The molecule has 2 unspecified atom stereocenters. The van der Waals surface area contributed by atoms with Gasteiger partial charge in [0.1, 0.15) is 19.8 Å². The summed E-state index contributed by atoms with van der Waals surface area (Å²) in [4.78, 5) is 22.8. The van der Waals surface area contributed by atoms with E-state index < -0.39 is 13.9 Å². The van der Waals surface area contributed by atoms with Crippen molar-refractivity contribution in [1.82, 2.24) is 0 Å². The van der Waals surface area contributed by atoms with Crippen molar-refractivity contribution in [3.05, 3.63) is 12.3 Å². The molecule has 49 heavy (non-hydrogen) atoms. The molecule has 292 valence electrons. The lowest BCUT2D eigenvalue weighted by atomic mass is 10.0. The van der Waals surface area contributed by atoms with Crippen molar-refractivity contribution < 1.29 is 37.3 Å². The van der Waals surface area contributed by atoms with Crippen molar-refractivity contribution in [2.24, 2.45) is 0 Å². The number of unbranched alkanes of at least 4 members (excludes halogenated alkanes) is 24. The minimum atomic E-state index is -4.28. The van der Waals surface area contributed by atoms with Crippen molar-refractivity contribution >= 4 is 13.8 Å². The summed E-state index contributed by atoms with van der Waals surface area (Å²) < 4.78 is 34.7. The lowest BCUT2D eigenvalue weighted by Crippen LogP contribution is -2.37. The first-order chi connectivity index (χ1) is 23.6. The van der Waals surface area contributed by atoms with Crippen LogP contribution in [0.1, 0.15) is 187 Å². The maximum Gasteiger partial charge on any atom is 0.472 e. The zero-order valence-corrected chi connectivity index (χ0v) is 33.8. The highest BCUT2D eigenvalue weighted by molar-refractivity contribution is 7.47. The van der Waals surface area contributed by atoms with Crippen molar-refractivity contribution in [2.45, 2.75) is 193 Å². The van der Waals surface area contributed by atoms with Gasteiger partial charge in [-0.1, -0.05) is 162 Å². The van der Waals surface area contributed by atoms with Crippen molar-refractivity contribution in [3.8, 4) is 0 Å². The first-order valence-electron chi connectivity index (χ1n) is 20.5. The number of rotatable bonds is 38. The molecule has 0 saturated carbocycles. The Morgan fingerprint density at radius 1 is 0.633 bits per heavy atom. The second kappa shape index (κ2) is 34.2. The zero-order chi connectivity index (χ0) is 36.3. The van der Waals surface area contributed by atoms with E-state index in [0.29, 0.717) is 17.4 Å². The van der Waals surface area contributed by atoms with E-state index in [1.807, 2.05) is 27.2 Å². The van der Waals surface area contributed by atoms with Crippen molar-refractivity contribution in [3.63, 3.8) is 0 Å². The number of ether oxygens (including phenoxy) is 2. The molecule has 8 nitrogen and oxygen atoms in total. The highest BCUT2D eigenvalue weighted by Gasteiger charge is 2.26. The summed E-state index contributed by atoms with van der Waals surface area (Å²) in [6.45, 7) is 4.94. The molecule has 0 aromatic rings. The number of nitrogens with zero attached hydrogens (tertiary/aromatic N) is 1. The Labute approximate surface area is 303 Å². The highest BCUT2D eigenvalue weighted by Crippen LogP contribution is 2.43. The summed E-state index contributed by atoms with van der Waals surface area (Å²) in [6, 6.07) is 0. The molecule has 0 fully saturated rings. The van der Waals surface area contributed by atoms with Gasteiger partial charge in [0, 0.05) is 6.42 Å². The molecule has 0 heterocycles. The average Bonchev–Trinajstić information content (AvgIpc) is 3.04. The van der Waals surface area contributed by atoms with Crippen LogP contribution < -0.4 is 0 Å². The molecule has 0 saturated heterocycles. The van der Waals surface area contributed by atoms with E-state index in [-0.39, 0.29) is 25.8 Å². The van der Waals surface area contributed by atoms with Crippen LogP contribution in [0.25, 0.3) is 0 Å². The molecule has 9 heteroatoms. The molecule has 0 bridgehead atoms. The molecular weight excluding hydrogens is 637 g/mol. The van der Waals surface area contributed by atoms with Gasteiger partial charge in [-0.2, -0.15) is 0 Å². The number of likely N-dealkylation sites (N-methyl/N-ethyl adjacent to an activating group) is 1. The van der Waals surface area contributed by atoms with Crippen LogP contribution in [0.3, 0.4) is 0 Å². The van der Waals surface area contributed by atoms with Gasteiger partial charge in [0.2, 0.25) is 0 Å². The lowest BCUT2D eigenvalue weighted by molar-refractivity contribution is -0.870. The molecular formula is C40H81NO7P+. The van der Waals surface area contributed by atoms with E-state index in [1.165, 1.54) is 135 Å². The van der Waals surface area contributed by atoms with Crippen LogP contribution in [0, 0.1) is 0 Å². The molecule has 0 aliphatic carbocycles. The van der Waals surface area contributed by atoms with Crippen LogP contribution in [0.15, 0.2) is 12.3 Å². The van der Waals surface area contributed by atoms with Crippen LogP contribution >= 0.6 is 7.82 Å². The van der Waals surface area contributed by atoms with Gasteiger partial charge in [-0.25, -0.2) is 4.57 Å². The summed E-state index contributed by atoms with van der Waals surface area (Å²) in [5, 5.41) is 0. The monoisotopic (exact) mass is 719 g/mol. The minimum Gasteiger partial charge on any atom is -0.498 e. The summed E-state index contributed by atoms with van der Waals surface area (Å²) in [6.07, 6.45) is 36.1. The van der Waals surface area contributed by atoms with Gasteiger partial charge < -0.3 is 18.9 Å². The number of phosphoric acid groups is 1. The molecule has 0 amide bonds. The smallest absolute Gasteiger partial charge is 0.472 e. The van der Waals surface area contributed by atoms with Crippen LogP contribution in [0.2, 0.25) is 0 Å². The third-order valence-electron chi connectivity index (χ3n) is 8.92. The largest absolute Gasteiger partial charge is 0.498 e. The second-order valence-electron chi connectivity index (χ2n) is 15.1. The summed E-state index contributed by atoms with van der Waals surface area (Å²) in [5.41, 5.74) is 0. The Morgan fingerprint density at radius 2 is 1.06 bits per heavy atom. The third kappa shape index (κ3) is 38.1. The maximum absolute atomic E-state index is 12.6. The number of phosphoric ester groups is 1. The molecule has 0 aliphatic heterocycles. The highest BCUT2D eigenvalue weighted by atomic mass is 31.2. The Balaban J connectivity index is 4.31. The number of hydrogen-bond donors (Lipinski definition) is 1. The molecule has 0 spiro atoms. The van der Waals surface area contributed by atoms with Crippen LogP contribution in [-0.2, 0) is 27.9 Å². The molecule has 0 radical (unpaired) electrons. The quantitative estimate of drug-likeness (QED) is 0.0223. The fourth-order valence-corrected chi connectivity index (χ4v) is 6.44. The number of quaternary nitrogens is 1. The Bertz CT molecular complexity index is 802. The first-order valence-corrected chi connectivity index (χ1v) is 22.0. The van der Waals surface area contributed by atoms with Crippen LogP contribution in [0.4, 0.5) is 0 Å². The second-order valence-corrected chi connectivity index (χ2v) is 16.6. The predicted octanol–water partition coefficient (Wildman–Crippen LogP) is 11.8. The Morgan fingerprint density at radius 3 is 1.51 bits per heavy atom. The first kappa shape index (κ1) is 48.1. The van der Waals surface area contributed by atoms with Gasteiger partial charge in [0.25, 0.3) is 0 Å². The Hall–Kier alpha value is -0.920. The number of hydrogen-bond acceptors (Lipinski definition) is 6. The van der Waals surface area contributed by atoms with Crippen molar-refractivity contribution in [1.29, 1.82) is 0 Å². The third-order valence-corrected chi connectivity index (χ3v) is 9.91. The summed E-state index contributed by atoms with van der Waals surface area (Å²) in [5.74, 6) is -0.334. The maximum atomic E-state index is 12.6. The zero-order valence-electron chi connectivity index (χ0n) is 32.9. The molecule has 0 rings (SSSR count). The standard InChI is InChI=1S/C40H80NO7P/c1-6-8-10-12-14-16-18-20-22-24-26-28-30-32-35-45-37-39(38-47-49(43,44)46-36-34-41(3,4)5)48-40(42)33-31-29-27-25-23-21-19-17-15-13-11-9-7-2/h32,35,39H,6-31,33-34,36-38H2,1-5H3/p+1. The van der Waals surface area contributed by atoms with Gasteiger partial charge in [-0.3, -0.25) is 13.8 Å². The molecule has 1 N–H and O–H groups in total. The van der Waals surface area contributed by atoms with Crippen LogP contribution in [0.5, 0.6) is 0 Å². The van der Waals surface area contributed by atoms with Gasteiger partial charge >= 0.3 is 13.8 Å². The van der Waals surface area contributed by atoms with E-state index in [9.17, 15) is 14.3 Å².